The molecule has 0 fully saturated rings. The summed E-state index contributed by atoms with van der Waals surface area (Å²) in [7, 11) is 0. The molecule has 0 atom stereocenters. The van der Waals surface area contributed by atoms with Crippen LogP contribution < -0.4 is 5.32 Å². The molecule has 0 saturated carbocycles. The van der Waals surface area contributed by atoms with Crippen LogP contribution in [-0.4, -0.2) is 21.7 Å². The first-order valence-corrected chi connectivity index (χ1v) is 6.10. The third kappa shape index (κ3) is 3.26. The van der Waals surface area contributed by atoms with E-state index in [1.807, 2.05) is 19.1 Å². The van der Waals surface area contributed by atoms with Crippen molar-refractivity contribution in [3.63, 3.8) is 0 Å². The monoisotopic (exact) mass is 296 g/mol. The van der Waals surface area contributed by atoms with Gasteiger partial charge in [-0.1, -0.05) is 5.16 Å². The number of rotatable bonds is 4. The van der Waals surface area contributed by atoms with Crippen LogP contribution in [0.5, 0.6) is 0 Å². The fraction of sp³-hybridized carbons (Fsp3) is 0.364. The van der Waals surface area contributed by atoms with Crippen LogP contribution in [0.3, 0.4) is 0 Å². The van der Waals surface area contributed by atoms with Crippen molar-refractivity contribution in [3.8, 4) is 0 Å². The Hall–Kier alpha value is -1.43. The summed E-state index contributed by atoms with van der Waals surface area (Å²) in [5, 5.41) is 6.94. The predicted molar refractivity (Wildman–Crippen MR) is 67.9 cm³/mol. The molecule has 90 valence electrons. The zero-order valence-corrected chi connectivity index (χ0v) is 11.3. The Bertz CT molecular complexity index is 512. The number of hydrogen-bond donors (Lipinski definition) is 1. The average Bonchev–Trinajstić information content (AvgIpc) is 2.70. The summed E-state index contributed by atoms with van der Waals surface area (Å²) in [5.41, 5.74) is 0.962. The Labute approximate surface area is 108 Å². The van der Waals surface area contributed by atoms with Crippen molar-refractivity contribution in [2.45, 2.75) is 20.3 Å². The lowest BCUT2D eigenvalue weighted by Crippen LogP contribution is -2.07. The summed E-state index contributed by atoms with van der Waals surface area (Å²) in [6.07, 6.45) is 0.692. The van der Waals surface area contributed by atoms with Gasteiger partial charge in [0.25, 0.3) is 0 Å². The van der Waals surface area contributed by atoms with Crippen molar-refractivity contribution in [1.29, 1.82) is 0 Å². The lowest BCUT2D eigenvalue weighted by atomic mass is 10.3. The largest absolute Gasteiger partial charge is 0.370 e. The molecule has 5 nitrogen and oxygen atoms in total. The van der Waals surface area contributed by atoms with E-state index >= 15 is 0 Å². The highest BCUT2D eigenvalue weighted by Crippen LogP contribution is 2.16. The number of aryl methyl sites for hydroxylation is 2. The molecule has 0 unspecified atom stereocenters. The van der Waals surface area contributed by atoms with Gasteiger partial charge in [-0.3, -0.25) is 0 Å². The minimum absolute atomic E-state index is 0.642. The Kier molecular flexibility index (Phi) is 3.73. The Morgan fingerprint density at radius 3 is 2.76 bits per heavy atom. The van der Waals surface area contributed by atoms with Crippen LogP contribution in [0, 0.1) is 13.8 Å². The summed E-state index contributed by atoms with van der Waals surface area (Å²) in [4.78, 5) is 8.51. The Morgan fingerprint density at radius 1 is 1.29 bits per heavy atom. The summed E-state index contributed by atoms with van der Waals surface area (Å²) < 4.78 is 6.03. The lowest BCUT2D eigenvalue weighted by molar-refractivity contribution is 0.377. The summed E-state index contributed by atoms with van der Waals surface area (Å²) in [5.74, 6) is 2.16. The molecule has 2 rings (SSSR count). The van der Waals surface area contributed by atoms with Crippen molar-refractivity contribution < 1.29 is 4.52 Å². The summed E-state index contributed by atoms with van der Waals surface area (Å²) in [6, 6.07) is 3.90. The van der Waals surface area contributed by atoms with E-state index in [1.165, 1.54) is 0 Å². The third-order valence-corrected chi connectivity index (χ3v) is 3.07. The fourth-order valence-corrected chi connectivity index (χ4v) is 1.60. The number of nitrogens with zero attached hydrogens (tertiary/aromatic N) is 3. The van der Waals surface area contributed by atoms with E-state index in [-0.39, 0.29) is 0 Å². The molecule has 0 aliphatic rings. The fourth-order valence-electron chi connectivity index (χ4n) is 1.38. The van der Waals surface area contributed by atoms with E-state index in [4.69, 9.17) is 4.52 Å². The normalized spacial score (nSPS) is 10.5. The first-order chi connectivity index (χ1) is 8.15. The lowest BCUT2D eigenvalue weighted by Gasteiger charge is -2.05. The van der Waals surface area contributed by atoms with Gasteiger partial charge in [-0.15, -0.1) is 0 Å². The quantitative estimate of drug-likeness (QED) is 0.939. The third-order valence-electron chi connectivity index (χ3n) is 2.24. The van der Waals surface area contributed by atoms with Crippen LogP contribution in [0.15, 0.2) is 21.1 Å². The van der Waals surface area contributed by atoms with Crippen LogP contribution >= 0.6 is 15.9 Å². The molecule has 0 aliphatic carbocycles. The standard InChI is InChI=1S/C11H13BrN4O/c1-7-9(12)3-4-10(14-7)13-6-5-11-15-8(2)16-17-11/h3-4H,5-6H2,1-2H3,(H,13,14). The van der Waals surface area contributed by atoms with Crippen LogP contribution in [-0.2, 0) is 6.42 Å². The van der Waals surface area contributed by atoms with Gasteiger partial charge >= 0.3 is 0 Å². The van der Waals surface area contributed by atoms with E-state index in [2.05, 4.69) is 36.4 Å². The first kappa shape index (κ1) is 12.0. The van der Waals surface area contributed by atoms with Crippen molar-refractivity contribution in [1.82, 2.24) is 15.1 Å². The van der Waals surface area contributed by atoms with Crippen molar-refractivity contribution in [3.05, 3.63) is 34.0 Å². The molecular formula is C11H13BrN4O. The Morgan fingerprint density at radius 2 is 2.12 bits per heavy atom. The minimum atomic E-state index is 0.642. The maximum absolute atomic E-state index is 5.02. The highest BCUT2D eigenvalue weighted by molar-refractivity contribution is 9.10. The second-order valence-electron chi connectivity index (χ2n) is 3.68. The van der Waals surface area contributed by atoms with Gasteiger partial charge in [0.15, 0.2) is 5.82 Å². The number of hydrogen-bond acceptors (Lipinski definition) is 5. The minimum Gasteiger partial charge on any atom is -0.370 e. The molecule has 2 heterocycles. The van der Waals surface area contributed by atoms with Gasteiger partial charge in [0.1, 0.15) is 5.82 Å². The molecule has 0 radical (unpaired) electrons. The second-order valence-corrected chi connectivity index (χ2v) is 4.53. The van der Waals surface area contributed by atoms with Crippen LogP contribution in [0.25, 0.3) is 0 Å². The van der Waals surface area contributed by atoms with Gasteiger partial charge in [0.05, 0.1) is 5.69 Å². The van der Waals surface area contributed by atoms with Gasteiger partial charge in [0.2, 0.25) is 5.89 Å². The molecule has 0 aliphatic heterocycles. The summed E-state index contributed by atoms with van der Waals surface area (Å²) >= 11 is 3.41. The molecule has 0 bridgehead atoms. The molecule has 1 N–H and O–H groups in total. The number of aromatic nitrogens is 3. The van der Waals surface area contributed by atoms with Gasteiger partial charge < -0.3 is 9.84 Å². The van der Waals surface area contributed by atoms with Gasteiger partial charge in [-0.25, -0.2) is 4.98 Å². The van der Waals surface area contributed by atoms with Gasteiger partial charge in [-0.05, 0) is 41.9 Å². The average molecular weight is 297 g/mol. The zero-order chi connectivity index (χ0) is 12.3. The molecule has 0 spiro atoms. The zero-order valence-electron chi connectivity index (χ0n) is 9.70. The van der Waals surface area contributed by atoms with Crippen molar-refractivity contribution in [2.75, 3.05) is 11.9 Å². The van der Waals surface area contributed by atoms with Crippen LogP contribution in [0.1, 0.15) is 17.4 Å². The van der Waals surface area contributed by atoms with E-state index in [9.17, 15) is 0 Å². The highest BCUT2D eigenvalue weighted by atomic mass is 79.9. The first-order valence-electron chi connectivity index (χ1n) is 5.31. The van der Waals surface area contributed by atoms with Crippen molar-refractivity contribution >= 4 is 21.7 Å². The topological polar surface area (TPSA) is 63.8 Å². The molecule has 0 saturated heterocycles. The molecule has 2 aromatic heterocycles. The highest BCUT2D eigenvalue weighted by Gasteiger charge is 2.03. The van der Waals surface area contributed by atoms with Gasteiger partial charge in [0, 0.05) is 17.4 Å². The molecular weight excluding hydrogens is 284 g/mol. The number of halogens is 1. The van der Waals surface area contributed by atoms with Gasteiger partial charge in [-0.2, -0.15) is 4.98 Å². The SMILES string of the molecule is Cc1noc(CCNc2ccc(Br)c(C)n2)n1. The molecule has 6 heteroatoms. The second kappa shape index (κ2) is 5.27. The number of pyridine rings is 1. The van der Waals surface area contributed by atoms with E-state index < -0.39 is 0 Å². The maximum Gasteiger partial charge on any atom is 0.228 e. The van der Waals surface area contributed by atoms with E-state index in [0.717, 1.165) is 22.5 Å². The Balaban J connectivity index is 1.87. The van der Waals surface area contributed by atoms with E-state index in [0.29, 0.717) is 18.1 Å². The summed E-state index contributed by atoms with van der Waals surface area (Å²) in [6.45, 7) is 4.48. The maximum atomic E-state index is 5.02. The molecule has 17 heavy (non-hydrogen) atoms. The van der Waals surface area contributed by atoms with Crippen LogP contribution in [0.4, 0.5) is 5.82 Å². The molecule has 0 amide bonds. The molecule has 0 aromatic carbocycles. The predicted octanol–water partition coefficient (Wildman–Crippen LogP) is 2.50. The van der Waals surface area contributed by atoms with E-state index in [1.54, 1.807) is 6.92 Å². The number of anilines is 1. The molecule has 2 aromatic rings. The van der Waals surface area contributed by atoms with Crippen LogP contribution in [0.2, 0.25) is 0 Å². The van der Waals surface area contributed by atoms with Crippen molar-refractivity contribution in [2.24, 2.45) is 0 Å². The number of nitrogens with one attached hydrogen (secondary N) is 1. The smallest absolute Gasteiger partial charge is 0.228 e.